The van der Waals surface area contributed by atoms with Crippen LogP contribution in [-0.2, 0) is 18.5 Å². The van der Waals surface area contributed by atoms with Gasteiger partial charge in [-0.25, -0.2) is 4.68 Å². The summed E-state index contributed by atoms with van der Waals surface area (Å²) in [5.41, 5.74) is 7.18. The van der Waals surface area contributed by atoms with E-state index < -0.39 is 0 Å². The largest absolute Gasteiger partial charge is 0.393 e. The number of anilines is 1. The summed E-state index contributed by atoms with van der Waals surface area (Å²) in [7, 11) is 0. The molecule has 0 fully saturated rings. The summed E-state index contributed by atoms with van der Waals surface area (Å²) in [6.45, 7) is 14.0. The summed E-state index contributed by atoms with van der Waals surface area (Å²) in [5, 5.41) is 0. The number of hydrogen-bond donors (Lipinski definition) is 1. The quantitative estimate of drug-likeness (QED) is 0.879. The Hall–Kier alpha value is -1.19. The Morgan fingerprint density at radius 3 is 2.12 bits per heavy atom. The molecule has 1 aromatic heterocycles. The lowest BCUT2D eigenvalue weighted by Crippen LogP contribution is -2.27. The highest BCUT2D eigenvalue weighted by atomic mass is 16.1. The predicted octanol–water partition coefficient (Wildman–Crippen LogP) is 2.21. The number of nitrogen functional groups attached to an aromatic ring is 1. The molecule has 0 aliphatic carbocycles. The van der Waals surface area contributed by atoms with Crippen LogP contribution in [-0.4, -0.2) is 9.36 Å². The van der Waals surface area contributed by atoms with E-state index in [2.05, 4.69) is 34.6 Å². The van der Waals surface area contributed by atoms with Gasteiger partial charge in [0.1, 0.15) is 5.69 Å². The molecule has 0 saturated carbocycles. The predicted molar refractivity (Wildman–Crippen MR) is 72.3 cm³/mol. The maximum absolute atomic E-state index is 12.2. The summed E-state index contributed by atoms with van der Waals surface area (Å²) in [6.07, 6.45) is 0. The van der Waals surface area contributed by atoms with Gasteiger partial charge in [-0.05, 0) is 12.8 Å². The molecule has 0 spiro atoms. The van der Waals surface area contributed by atoms with Gasteiger partial charge >= 0.3 is 0 Å². The van der Waals surface area contributed by atoms with E-state index in [0.717, 1.165) is 12.2 Å². The van der Waals surface area contributed by atoms with Crippen LogP contribution in [0.3, 0.4) is 0 Å². The average Bonchev–Trinajstić information content (AvgIpc) is 2.40. The smallest absolute Gasteiger partial charge is 0.290 e. The standard InChI is InChI=1S/C13H25N3O/c1-7-15-11(13(4,5)6)10(14)12(17)16(15)8-9(2)3/h9H,7-8,14H2,1-6H3. The highest BCUT2D eigenvalue weighted by molar-refractivity contribution is 5.45. The van der Waals surface area contributed by atoms with Gasteiger partial charge in [0.05, 0.1) is 5.69 Å². The first-order valence-corrected chi connectivity index (χ1v) is 6.29. The van der Waals surface area contributed by atoms with E-state index in [-0.39, 0.29) is 11.0 Å². The Balaban J connectivity index is 3.48. The fourth-order valence-electron chi connectivity index (χ4n) is 2.26. The van der Waals surface area contributed by atoms with Crippen molar-refractivity contribution in [1.82, 2.24) is 9.36 Å². The summed E-state index contributed by atoms with van der Waals surface area (Å²) >= 11 is 0. The van der Waals surface area contributed by atoms with E-state index in [1.165, 1.54) is 0 Å². The van der Waals surface area contributed by atoms with Crippen LogP contribution in [0.4, 0.5) is 5.69 Å². The van der Waals surface area contributed by atoms with Crippen molar-refractivity contribution in [3.8, 4) is 0 Å². The summed E-state index contributed by atoms with van der Waals surface area (Å²) in [5.74, 6) is 0.431. The fraction of sp³-hybridized carbons (Fsp3) is 0.769. The molecule has 0 bridgehead atoms. The van der Waals surface area contributed by atoms with Crippen LogP contribution >= 0.6 is 0 Å². The maximum atomic E-state index is 12.2. The molecule has 4 heteroatoms. The molecule has 0 amide bonds. The first kappa shape index (κ1) is 13.9. The first-order chi connectivity index (χ1) is 7.70. The third kappa shape index (κ3) is 2.56. The fourth-order valence-corrected chi connectivity index (χ4v) is 2.26. The minimum absolute atomic E-state index is 0.0505. The van der Waals surface area contributed by atoms with Gasteiger partial charge in [-0.2, -0.15) is 0 Å². The number of rotatable bonds is 3. The van der Waals surface area contributed by atoms with Crippen LogP contribution in [0.1, 0.15) is 47.2 Å². The molecule has 0 unspecified atom stereocenters. The lowest BCUT2D eigenvalue weighted by Gasteiger charge is -2.23. The summed E-state index contributed by atoms with van der Waals surface area (Å²) in [4.78, 5) is 12.2. The monoisotopic (exact) mass is 239 g/mol. The van der Waals surface area contributed by atoms with Gasteiger partial charge in [-0.15, -0.1) is 0 Å². The van der Waals surface area contributed by atoms with Crippen molar-refractivity contribution in [2.75, 3.05) is 5.73 Å². The minimum atomic E-state index is -0.110. The van der Waals surface area contributed by atoms with Crippen LogP contribution < -0.4 is 11.3 Å². The van der Waals surface area contributed by atoms with E-state index in [4.69, 9.17) is 5.73 Å². The molecule has 0 saturated heterocycles. The lowest BCUT2D eigenvalue weighted by atomic mass is 9.91. The van der Waals surface area contributed by atoms with E-state index in [1.54, 1.807) is 4.68 Å². The zero-order valence-electron chi connectivity index (χ0n) is 11.9. The molecule has 4 nitrogen and oxygen atoms in total. The van der Waals surface area contributed by atoms with Crippen molar-refractivity contribution in [3.05, 3.63) is 16.0 Å². The molecule has 1 rings (SSSR count). The van der Waals surface area contributed by atoms with Gasteiger partial charge in [0.25, 0.3) is 5.56 Å². The highest BCUT2D eigenvalue weighted by Gasteiger charge is 2.26. The molecule has 98 valence electrons. The SMILES string of the molecule is CCn1c(C(C)(C)C)c(N)c(=O)n1CC(C)C. The van der Waals surface area contributed by atoms with Gasteiger partial charge in [0.2, 0.25) is 0 Å². The van der Waals surface area contributed by atoms with Crippen molar-refractivity contribution in [2.24, 2.45) is 5.92 Å². The Kier molecular flexibility index (Phi) is 3.74. The van der Waals surface area contributed by atoms with E-state index in [0.29, 0.717) is 18.2 Å². The first-order valence-electron chi connectivity index (χ1n) is 6.29. The number of nitrogens with zero attached hydrogens (tertiary/aromatic N) is 2. The van der Waals surface area contributed by atoms with Gasteiger partial charge in [-0.3, -0.25) is 9.48 Å². The van der Waals surface area contributed by atoms with Crippen molar-refractivity contribution < 1.29 is 0 Å². The molecule has 0 aliphatic heterocycles. The Morgan fingerprint density at radius 1 is 1.24 bits per heavy atom. The van der Waals surface area contributed by atoms with Crippen molar-refractivity contribution in [2.45, 2.75) is 60.0 Å². The van der Waals surface area contributed by atoms with Crippen LogP contribution in [0.2, 0.25) is 0 Å². The van der Waals surface area contributed by atoms with Crippen molar-refractivity contribution >= 4 is 5.69 Å². The van der Waals surface area contributed by atoms with Gasteiger partial charge in [0, 0.05) is 18.5 Å². The normalized spacial score (nSPS) is 12.4. The molecule has 0 atom stereocenters. The number of aromatic nitrogens is 2. The molecule has 0 aliphatic rings. The third-order valence-electron chi connectivity index (χ3n) is 2.82. The molecule has 0 aromatic carbocycles. The lowest BCUT2D eigenvalue weighted by molar-refractivity contribution is 0.370. The van der Waals surface area contributed by atoms with E-state index >= 15 is 0 Å². The Bertz CT molecular complexity index is 446. The van der Waals surface area contributed by atoms with Gasteiger partial charge in [-0.1, -0.05) is 34.6 Å². The average molecular weight is 239 g/mol. The molecular formula is C13H25N3O. The topological polar surface area (TPSA) is 52.9 Å². The second kappa shape index (κ2) is 4.59. The van der Waals surface area contributed by atoms with Crippen molar-refractivity contribution in [1.29, 1.82) is 0 Å². The zero-order chi connectivity index (χ0) is 13.4. The Morgan fingerprint density at radius 2 is 1.76 bits per heavy atom. The second-order valence-corrected chi connectivity index (χ2v) is 6.01. The molecule has 17 heavy (non-hydrogen) atoms. The number of hydrogen-bond acceptors (Lipinski definition) is 2. The summed E-state index contributed by atoms with van der Waals surface area (Å²) in [6, 6.07) is 0. The van der Waals surface area contributed by atoms with E-state index in [1.807, 2.05) is 11.6 Å². The summed E-state index contributed by atoms with van der Waals surface area (Å²) < 4.78 is 3.80. The zero-order valence-corrected chi connectivity index (χ0v) is 11.9. The second-order valence-electron chi connectivity index (χ2n) is 6.01. The van der Waals surface area contributed by atoms with Crippen LogP contribution in [0, 0.1) is 5.92 Å². The van der Waals surface area contributed by atoms with Gasteiger partial charge < -0.3 is 5.73 Å². The Labute approximate surface area is 103 Å². The van der Waals surface area contributed by atoms with Crippen LogP contribution in [0.25, 0.3) is 0 Å². The highest BCUT2D eigenvalue weighted by Crippen LogP contribution is 2.26. The number of nitrogens with two attached hydrogens (primary N) is 1. The molecular weight excluding hydrogens is 214 g/mol. The molecule has 1 heterocycles. The van der Waals surface area contributed by atoms with E-state index in [9.17, 15) is 4.79 Å². The van der Waals surface area contributed by atoms with Gasteiger partial charge in [0.15, 0.2) is 0 Å². The van der Waals surface area contributed by atoms with Crippen molar-refractivity contribution in [3.63, 3.8) is 0 Å². The van der Waals surface area contributed by atoms with Crippen LogP contribution in [0.15, 0.2) is 4.79 Å². The maximum Gasteiger partial charge on any atom is 0.290 e. The molecule has 2 N–H and O–H groups in total. The molecule has 0 radical (unpaired) electrons. The molecule has 1 aromatic rings. The van der Waals surface area contributed by atoms with Crippen LogP contribution in [0.5, 0.6) is 0 Å². The minimum Gasteiger partial charge on any atom is -0.393 e. The third-order valence-corrected chi connectivity index (χ3v) is 2.82.